The summed E-state index contributed by atoms with van der Waals surface area (Å²) >= 11 is 1.84. The maximum atomic E-state index is 3.60. The van der Waals surface area contributed by atoms with Crippen LogP contribution in [0, 0.1) is 20.8 Å². The Hall–Kier alpha value is -1.12. The van der Waals surface area contributed by atoms with Crippen LogP contribution in [-0.4, -0.2) is 6.54 Å². The summed E-state index contributed by atoms with van der Waals surface area (Å²) < 4.78 is 0. The average molecular weight is 259 g/mol. The number of thiophene rings is 1. The molecule has 2 rings (SSSR count). The molecule has 0 aliphatic rings. The fourth-order valence-corrected chi connectivity index (χ4v) is 3.22. The maximum Gasteiger partial charge on any atom is 0.0673 e. The Kier molecular flexibility index (Phi) is 4.20. The molecule has 0 aliphatic heterocycles. The predicted octanol–water partition coefficient (Wildman–Crippen LogP) is 4.37. The third kappa shape index (κ3) is 2.65. The molecule has 1 N–H and O–H groups in total. The molecule has 0 saturated carbocycles. The van der Waals surface area contributed by atoms with Crippen LogP contribution in [-0.2, 0) is 0 Å². The van der Waals surface area contributed by atoms with Gasteiger partial charge >= 0.3 is 0 Å². The van der Waals surface area contributed by atoms with Gasteiger partial charge in [0.2, 0.25) is 0 Å². The number of rotatable bonds is 4. The SMILES string of the molecule is CCNC(c1ccc(C)c(C)c1)c1sccc1C. The zero-order valence-electron chi connectivity index (χ0n) is 11.6. The molecule has 1 nitrogen and oxygen atoms in total. The molecule has 0 bridgehead atoms. The van der Waals surface area contributed by atoms with E-state index in [1.165, 1.54) is 27.1 Å². The van der Waals surface area contributed by atoms with Crippen molar-refractivity contribution in [2.24, 2.45) is 0 Å². The number of benzene rings is 1. The Morgan fingerprint density at radius 3 is 2.39 bits per heavy atom. The number of aryl methyl sites for hydroxylation is 3. The lowest BCUT2D eigenvalue weighted by atomic mass is 9.98. The van der Waals surface area contributed by atoms with Gasteiger partial charge in [0, 0.05) is 4.88 Å². The summed E-state index contributed by atoms with van der Waals surface area (Å²) in [5, 5.41) is 5.78. The molecule has 0 aliphatic carbocycles. The second-order valence-corrected chi connectivity index (χ2v) is 5.75. The monoisotopic (exact) mass is 259 g/mol. The highest BCUT2D eigenvalue weighted by Gasteiger charge is 2.16. The van der Waals surface area contributed by atoms with Crippen LogP contribution in [0.3, 0.4) is 0 Å². The van der Waals surface area contributed by atoms with Crippen LogP contribution in [0.2, 0.25) is 0 Å². The van der Waals surface area contributed by atoms with Crippen LogP contribution in [0.1, 0.15) is 40.1 Å². The first kappa shape index (κ1) is 13.3. The summed E-state index contributed by atoms with van der Waals surface area (Å²) in [6, 6.07) is 9.30. The van der Waals surface area contributed by atoms with E-state index in [4.69, 9.17) is 0 Å². The third-order valence-corrected chi connectivity index (χ3v) is 4.52. The largest absolute Gasteiger partial charge is 0.306 e. The molecule has 1 atom stereocenters. The first-order valence-electron chi connectivity index (χ1n) is 6.48. The van der Waals surface area contributed by atoms with Crippen molar-refractivity contribution in [1.29, 1.82) is 0 Å². The summed E-state index contributed by atoms with van der Waals surface area (Å²) in [7, 11) is 0. The van der Waals surface area contributed by atoms with Crippen LogP contribution in [0.15, 0.2) is 29.6 Å². The van der Waals surface area contributed by atoms with Gasteiger partial charge < -0.3 is 5.32 Å². The van der Waals surface area contributed by atoms with Crippen molar-refractivity contribution in [3.8, 4) is 0 Å². The van der Waals surface area contributed by atoms with Gasteiger partial charge in [-0.25, -0.2) is 0 Å². The summed E-state index contributed by atoms with van der Waals surface area (Å²) in [6.45, 7) is 9.68. The second-order valence-electron chi connectivity index (χ2n) is 4.80. The van der Waals surface area contributed by atoms with Crippen LogP contribution in [0.25, 0.3) is 0 Å². The molecule has 0 saturated heterocycles. The normalized spacial score (nSPS) is 12.7. The van der Waals surface area contributed by atoms with Gasteiger partial charge in [-0.15, -0.1) is 11.3 Å². The fraction of sp³-hybridized carbons (Fsp3) is 0.375. The maximum absolute atomic E-state index is 3.60. The minimum Gasteiger partial charge on any atom is -0.306 e. The lowest BCUT2D eigenvalue weighted by Crippen LogP contribution is -2.21. The van der Waals surface area contributed by atoms with E-state index in [9.17, 15) is 0 Å². The van der Waals surface area contributed by atoms with E-state index in [1.54, 1.807) is 0 Å². The Bertz CT molecular complexity index is 528. The molecule has 2 aromatic rings. The van der Waals surface area contributed by atoms with Gasteiger partial charge in [0.25, 0.3) is 0 Å². The van der Waals surface area contributed by atoms with Gasteiger partial charge in [-0.1, -0.05) is 25.1 Å². The van der Waals surface area contributed by atoms with Gasteiger partial charge in [-0.05, 0) is 61.0 Å². The smallest absolute Gasteiger partial charge is 0.0673 e. The van der Waals surface area contributed by atoms with E-state index in [2.05, 4.69) is 62.7 Å². The minimum atomic E-state index is 0.328. The summed E-state index contributed by atoms with van der Waals surface area (Å²) in [4.78, 5) is 1.43. The van der Waals surface area contributed by atoms with Crippen LogP contribution >= 0.6 is 11.3 Å². The highest BCUT2D eigenvalue weighted by atomic mass is 32.1. The molecule has 0 radical (unpaired) electrons. The van der Waals surface area contributed by atoms with Crippen LogP contribution < -0.4 is 5.32 Å². The lowest BCUT2D eigenvalue weighted by molar-refractivity contribution is 0.636. The second kappa shape index (κ2) is 5.68. The van der Waals surface area contributed by atoms with Crippen molar-refractivity contribution in [2.75, 3.05) is 6.54 Å². The quantitative estimate of drug-likeness (QED) is 0.859. The topological polar surface area (TPSA) is 12.0 Å². The lowest BCUT2D eigenvalue weighted by Gasteiger charge is -2.19. The van der Waals surface area contributed by atoms with Gasteiger partial charge in [-0.3, -0.25) is 0 Å². The van der Waals surface area contributed by atoms with Crippen molar-refractivity contribution in [2.45, 2.75) is 33.7 Å². The van der Waals surface area contributed by atoms with Crippen molar-refractivity contribution in [3.05, 3.63) is 56.8 Å². The number of nitrogens with one attached hydrogen (secondary N) is 1. The minimum absolute atomic E-state index is 0.328. The summed E-state index contributed by atoms with van der Waals surface area (Å²) in [5.41, 5.74) is 5.47. The highest BCUT2D eigenvalue weighted by Crippen LogP contribution is 2.30. The van der Waals surface area contributed by atoms with Gasteiger partial charge in [0.05, 0.1) is 6.04 Å². The van der Waals surface area contributed by atoms with Crippen molar-refractivity contribution >= 4 is 11.3 Å². The van der Waals surface area contributed by atoms with Crippen LogP contribution in [0.4, 0.5) is 0 Å². The molecule has 96 valence electrons. The molecule has 1 aromatic carbocycles. The van der Waals surface area contributed by atoms with E-state index >= 15 is 0 Å². The third-order valence-electron chi connectivity index (χ3n) is 3.44. The number of hydrogen-bond donors (Lipinski definition) is 1. The molecule has 1 unspecified atom stereocenters. The van der Waals surface area contributed by atoms with E-state index in [1.807, 2.05) is 11.3 Å². The molecule has 2 heteroatoms. The molecule has 1 heterocycles. The standard InChI is InChI=1S/C16H21NS/c1-5-17-15(16-12(3)8-9-18-16)14-7-6-11(2)13(4)10-14/h6-10,15,17H,5H2,1-4H3. The highest BCUT2D eigenvalue weighted by molar-refractivity contribution is 7.10. The molecule has 0 amide bonds. The zero-order chi connectivity index (χ0) is 13.1. The van der Waals surface area contributed by atoms with Crippen molar-refractivity contribution in [3.63, 3.8) is 0 Å². The molecule has 0 fully saturated rings. The Labute approximate surface area is 114 Å². The van der Waals surface area contributed by atoms with E-state index in [0.29, 0.717) is 6.04 Å². The number of hydrogen-bond acceptors (Lipinski definition) is 2. The zero-order valence-corrected chi connectivity index (χ0v) is 12.4. The first-order chi connectivity index (χ1) is 8.63. The molecule has 0 spiro atoms. The van der Waals surface area contributed by atoms with Gasteiger partial charge in [0.1, 0.15) is 0 Å². The average Bonchev–Trinajstić information content (AvgIpc) is 2.76. The molecular formula is C16H21NS. The summed E-state index contributed by atoms with van der Waals surface area (Å²) in [6.07, 6.45) is 0. The van der Waals surface area contributed by atoms with Gasteiger partial charge in [0.15, 0.2) is 0 Å². The first-order valence-corrected chi connectivity index (χ1v) is 7.36. The van der Waals surface area contributed by atoms with Gasteiger partial charge in [-0.2, -0.15) is 0 Å². The molecule has 1 aromatic heterocycles. The van der Waals surface area contributed by atoms with Crippen molar-refractivity contribution in [1.82, 2.24) is 5.32 Å². The fourth-order valence-electron chi connectivity index (χ4n) is 2.19. The van der Waals surface area contributed by atoms with E-state index in [-0.39, 0.29) is 0 Å². The summed E-state index contributed by atoms with van der Waals surface area (Å²) in [5.74, 6) is 0. The Balaban J connectivity index is 2.41. The predicted molar refractivity (Wildman–Crippen MR) is 80.5 cm³/mol. The molecule has 18 heavy (non-hydrogen) atoms. The molecular weight excluding hydrogens is 238 g/mol. The Morgan fingerprint density at radius 2 is 1.83 bits per heavy atom. The van der Waals surface area contributed by atoms with Crippen LogP contribution in [0.5, 0.6) is 0 Å². The van der Waals surface area contributed by atoms with E-state index in [0.717, 1.165) is 6.54 Å². The van der Waals surface area contributed by atoms with Crippen molar-refractivity contribution < 1.29 is 0 Å². The van der Waals surface area contributed by atoms with E-state index < -0.39 is 0 Å². The Morgan fingerprint density at radius 1 is 1.06 bits per heavy atom.